The van der Waals surface area contributed by atoms with Crippen molar-refractivity contribution in [1.29, 1.82) is 0 Å². The molecule has 1 aliphatic rings. The van der Waals surface area contributed by atoms with E-state index >= 15 is 0 Å². The van der Waals surface area contributed by atoms with E-state index in [1.54, 1.807) is 4.90 Å². The molecule has 0 aliphatic carbocycles. The smallest absolute Gasteiger partial charge is 0.305 e. The molecule has 0 radical (unpaired) electrons. The van der Waals surface area contributed by atoms with Gasteiger partial charge in [-0.2, -0.15) is 0 Å². The van der Waals surface area contributed by atoms with E-state index in [2.05, 4.69) is 12.1 Å². The zero-order chi connectivity index (χ0) is 15.2. The summed E-state index contributed by atoms with van der Waals surface area (Å²) in [5, 5.41) is 8.91. The second-order valence-electron chi connectivity index (χ2n) is 5.51. The zero-order valence-electron chi connectivity index (χ0n) is 12.4. The summed E-state index contributed by atoms with van der Waals surface area (Å²) in [6.07, 6.45) is 1.72. The summed E-state index contributed by atoms with van der Waals surface area (Å²) in [6, 6.07) is 9.66. The highest BCUT2D eigenvalue weighted by Gasteiger charge is 2.33. The number of aryl methyl sites for hydroxylation is 1. The number of amides is 1. The molecule has 1 aromatic carbocycles. The Hall–Kier alpha value is -1.88. The predicted octanol–water partition coefficient (Wildman–Crippen LogP) is 1.24. The van der Waals surface area contributed by atoms with Gasteiger partial charge in [-0.25, -0.2) is 0 Å². The van der Waals surface area contributed by atoms with E-state index in [1.807, 2.05) is 30.1 Å². The summed E-state index contributed by atoms with van der Waals surface area (Å²) in [7, 11) is 1.81. The largest absolute Gasteiger partial charge is 0.481 e. The molecule has 5 nitrogen and oxygen atoms in total. The number of hydrogen-bond donors (Lipinski definition) is 1. The Kier molecular flexibility index (Phi) is 5.33. The van der Waals surface area contributed by atoms with E-state index in [-0.39, 0.29) is 12.3 Å². The number of rotatable bonds is 6. The van der Waals surface area contributed by atoms with Crippen molar-refractivity contribution < 1.29 is 14.7 Å². The minimum atomic E-state index is -0.925. The number of likely N-dealkylation sites (N-methyl/N-ethyl adjacent to an activating group) is 1. The van der Waals surface area contributed by atoms with Crippen molar-refractivity contribution in [3.05, 3.63) is 35.9 Å². The quantitative estimate of drug-likeness (QED) is 0.856. The Morgan fingerprint density at radius 3 is 2.67 bits per heavy atom. The molecule has 0 bridgehead atoms. The first-order valence-corrected chi connectivity index (χ1v) is 7.32. The van der Waals surface area contributed by atoms with Crippen LogP contribution in [0, 0.1) is 0 Å². The monoisotopic (exact) mass is 290 g/mol. The number of carbonyl (C=O) groups is 2. The van der Waals surface area contributed by atoms with Crippen LogP contribution in [0.3, 0.4) is 0 Å². The summed E-state index contributed by atoms with van der Waals surface area (Å²) in [6.45, 7) is 2.10. The molecule has 1 fully saturated rings. The fourth-order valence-electron chi connectivity index (χ4n) is 2.69. The van der Waals surface area contributed by atoms with Crippen LogP contribution >= 0.6 is 0 Å². The number of hydrogen-bond acceptors (Lipinski definition) is 3. The number of piperazine rings is 1. The fourth-order valence-corrected chi connectivity index (χ4v) is 2.69. The molecule has 1 aliphatic heterocycles. The minimum Gasteiger partial charge on any atom is -0.481 e. The number of benzene rings is 1. The van der Waals surface area contributed by atoms with Gasteiger partial charge in [-0.15, -0.1) is 0 Å². The standard InChI is InChI=1S/C16H22N2O3/c1-17-10-11-18(16(21)14(17)12-15(19)20)9-5-8-13-6-3-2-4-7-13/h2-4,6-7,14H,5,8-12H2,1H3,(H,19,20). The molecular formula is C16H22N2O3. The van der Waals surface area contributed by atoms with Crippen molar-refractivity contribution in [3.63, 3.8) is 0 Å². The molecule has 21 heavy (non-hydrogen) atoms. The molecule has 1 amide bonds. The van der Waals surface area contributed by atoms with E-state index in [4.69, 9.17) is 5.11 Å². The lowest BCUT2D eigenvalue weighted by Gasteiger charge is -2.38. The summed E-state index contributed by atoms with van der Waals surface area (Å²) in [5.74, 6) is -0.981. The van der Waals surface area contributed by atoms with Gasteiger partial charge in [-0.05, 0) is 25.5 Å². The van der Waals surface area contributed by atoms with Crippen LogP contribution < -0.4 is 0 Å². The summed E-state index contributed by atoms with van der Waals surface area (Å²) >= 11 is 0. The Morgan fingerprint density at radius 2 is 2.00 bits per heavy atom. The molecule has 0 spiro atoms. The first kappa shape index (κ1) is 15.5. The lowest BCUT2D eigenvalue weighted by atomic mass is 10.1. The molecule has 1 heterocycles. The molecule has 1 atom stereocenters. The molecule has 0 aromatic heterocycles. The second-order valence-corrected chi connectivity index (χ2v) is 5.51. The molecule has 1 unspecified atom stereocenters. The maximum atomic E-state index is 12.3. The zero-order valence-corrected chi connectivity index (χ0v) is 12.4. The van der Waals surface area contributed by atoms with Gasteiger partial charge in [0, 0.05) is 19.6 Å². The highest BCUT2D eigenvalue weighted by atomic mass is 16.4. The minimum absolute atomic E-state index is 0.0563. The number of carbonyl (C=O) groups excluding carboxylic acids is 1. The Bertz CT molecular complexity index is 490. The van der Waals surface area contributed by atoms with Crippen LogP contribution in [-0.4, -0.2) is 59.5 Å². The summed E-state index contributed by atoms with van der Waals surface area (Å²) in [5.41, 5.74) is 1.26. The van der Waals surface area contributed by atoms with Gasteiger partial charge in [0.05, 0.1) is 12.5 Å². The van der Waals surface area contributed by atoms with E-state index in [0.29, 0.717) is 13.1 Å². The van der Waals surface area contributed by atoms with Gasteiger partial charge in [0.15, 0.2) is 0 Å². The number of nitrogens with zero attached hydrogens (tertiary/aromatic N) is 2. The first-order valence-electron chi connectivity index (χ1n) is 7.32. The summed E-state index contributed by atoms with van der Waals surface area (Å²) < 4.78 is 0. The van der Waals surface area contributed by atoms with Crippen molar-refractivity contribution in [3.8, 4) is 0 Å². The highest BCUT2D eigenvalue weighted by molar-refractivity contribution is 5.86. The summed E-state index contributed by atoms with van der Waals surface area (Å²) in [4.78, 5) is 26.8. The number of aliphatic carboxylic acids is 1. The number of carboxylic acid groups (broad SMARTS) is 1. The molecule has 1 saturated heterocycles. The van der Waals surface area contributed by atoms with E-state index < -0.39 is 12.0 Å². The van der Waals surface area contributed by atoms with Gasteiger partial charge < -0.3 is 10.0 Å². The maximum Gasteiger partial charge on any atom is 0.305 e. The van der Waals surface area contributed by atoms with E-state index in [0.717, 1.165) is 19.4 Å². The van der Waals surface area contributed by atoms with Crippen LogP contribution in [-0.2, 0) is 16.0 Å². The fraction of sp³-hybridized carbons (Fsp3) is 0.500. The van der Waals surface area contributed by atoms with Crippen molar-refractivity contribution in [1.82, 2.24) is 9.80 Å². The van der Waals surface area contributed by atoms with Crippen molar-refractivity contribution in [2.45, 2.75) is 25.3 Å². The third-order valence-electron chi connectivity index (χ3n) is 3.96. The topological polar surface area (TPSA) is 60.9 Å². The molecule has 2 rings (SSSR count). The van der Waals surface area contributed by atoms with Crippen LogP contribution in [0.25, 0.3) is 0 Å². The Labute approximate surface area is 125 Å². The third-order valence-corrected chi connectivity index (χ3v) is 3.96. The Morgan fingerprint density at radius 1 is 1.29 bits per heavy atom. The van der Waals surface area contributed by atoms with Gasteiger partial charge >= 0.3 is 5.97 Å². The van der Waals surface area contributed by atoms with Gasteiger partial charge in [0.1, 0.15) is 0 Å². The average Bonchev–Trinajstić information content (AvgIpc) is 2.47. The molecule has 5 heteroatoms. The van der Waals surface area contributed by atoms with Gasteiger partial charge in [0.25, 0.3) is 0 Å². The molecule has 114 valence electrons. The normalized spacial score (nSPS) is 19.8. The second kappa shape index (κ2) is 7.22. The first-order chi connectivity index (χ1) is 10.1. The Balaban J connectivity index is 1.85. The molecular weight excluding hydrogens is 268 g/mol. The van der Waals surface area contributed by atoms with Crippen LogP contribution in [0.15, 0.2) is 30.3 Å². The van der Waals surface area contributed by atoms with Crippen LogP contribution in [0.5, 0.6) is 0 Å². The maximum absolute atomic E-state index is 12.3. The van der Waals surface area contributed by atoms with Gasteiger partial charge in [0.2, 0.25) is 5.91 Å². The predicted molar refractivity (Wildman–Crippen MR) is 80.0 cm³/mol. The lowest BCUT2D eigenvalue weighted by molar-refractivity contribution is -0.148. The highest BCUT2D eigenvalue weighted by Crippen LogP contribution is 2.14. The van der Waals surface area contributed by atoms with Crippen molar-refractivity contribution >= 4 is 11.9 Å². The van der Waals surface area contributed by atoms with Gasteiger partial charge in [-0.1, -0.05) is 30.3 Å². The van der Waals surface area contributed by atoms with E-state index in [9.17, 15) is 9.59 Å². The van der Waals surface area contributed by atoms with Crippen LogP contribution in [0.1, 0.15) is 18.4 Å². The van der Waals surface area contributed by atoms with Crippen molar-refractivity contribution in [2.75, 3.05) is 26.7 Å². The molecule has 1 aromatic rings. The molecule has 1 N–H and O–H groups in total. The van der Waals surface area contributed by atoms with Crippen LogP contribution in [0.2, 0.25) is 0 Å². The number of carboxylic acids is 1. The average molecular weight is 290 g/mol. The molecule has 0 saturated carbocycles. The van der Waals surface area contributed by atoms with Gasteiger partial charge in [-0.3, -0.25) is 14.5 Å². The van der Waals surface area contributed by atoms with E-state index in [1.165, 1.54) is 5.56 Å². The van der Waals surface area contributed by atoms with Crippen molar-refractivity contribution in [2.24, 2.45) is 0 Å². The SMILES string of the molecule is CN1CCN(CCCc2ccccc2)C(=O)C1CC(=O)O. The van der Waals surface area contributed by atoms with Crippen LogP contribution in [0.4, 0.5) is 0 Å². The third kappa shape index (κ3) is 4.29. The lowest BCUT2D eigenvalue weighted by Crippen LogP contribution is -2.56.